The molecule has 2 rings (SSSR count). The van der Waals surface area contributed by atoms with E-state index >= 15 is 0 Å². The number of carbonyl (C=O) groups excluding carboxylic acids is 1. The molecule has 0 fully saturated rings. The van der Waals surface area contributed by atoms with Crippen LogP contribution < -0.4 is 0 Å². The molecule has 0 bridgehead atoms. The number of fused-ring (bicyclic) bond motifs is 1. The van der Waals surface area contributed by atoms with E-state index in [9.17, 15) is 4.79 Å². The Morgan fingerprint density at radius 1 is 1.35 bits per heavy atom. The number of pyridine rings is 1. The number of benzene rings is 1. The van der Waals surface area contributed by atoms with E-state index in [1.807, 2.05) is 0 Å². The second-order valence-corrected chi connectivity index (χ2v) is 4.17. The predicted molar refractivity (Wildman–Crippen MR) is 67.7 cm³/mol. The van der Waals surface area contributed by atoms with Crippen molar-refractivity contribution >= 4 is 40.1 Å². The third-order valence-electron chi connectivity index (χ3n) is 2.24. The number of aromatic nitrogens is 1. The van der Waals surface area contributed by atoms with Crippen LogP contribution in [-0.2, 0) is 4.74 Å². The zero-order valence-electron chi connectivity index (χ0n) is 9.04. The molecule has 0 aliphatic rings. The molecule has 0 unspecified atom stereocenters. The highest BCUT2D eigenvalue weighted by molar-refractivity contribution is 6.37. The Morgan fingerprint density at radius 2 is 2.12 bits per heavy atom. The highest BCUT2D eigenvalue weighted by atomic mass is 35.5. The summed E-state index contributed by atoms with van der Waals surface area (Å²) in [6, 6.07) is 6.57. The third-order valence-corrected chi connectivity index (χ3v) is 2.75. The van der Waals surface area contributed by atoms with Gasteiger partial charge in [0.2, 0.25) is 0 Å². The van der Waals surface area contributed by atoms with Gasteiger partial charge in [-0.25, -0.2) is 9.78 Å². The molecule has 0 saturated carbocycles. The van der Waals surface area contributed by atoms with Gasteiger partial charge in [0.1, 0.15) is 5.15 Å². The third kappa shape index (κ3) is 2.51. The minimum Gasteiger partial charge on any atom is -0.462 e. The zero-order valence-corrected chi connectivity index (χ0v) is 10.5. The second kappa shape index (κ2) is 4.90. The molecule has 0 aliphatic carbocycles. The van der Waals surface area contributed by atoms with Crippen LogP contribution in [0.25, 0.3) is 10.9 Å². The summed E-state index contributed by atoms with van der Waals surface area (Å²) in [5.74, 6) is -0.382. The van der Waals surface area contributed by atoms with Crippen LogP contribution in [0.3, 0.4) is 0 Å². The lowest BCUT2D eigenvalue weighted by molar-refractivity contribution is 0.0526. The minimum absolute atomic E-state index is 0.295. The van der Waals surface area contributed by atoms with E-state index in [0.29, 0.717) is 27.9 Å². The lowest BCUT2D eigenvalue weighted by Gasteiger charge is -2.04. The first-order chi connectivity index (χ1) is 8.11. The summed E-state index contributed by atoms with van der Waals surface area (Å²) in [6.45, 7) is 2.09. The Kier molecular flexibility index (Phi) is 3.50. The van der Waals surface area contributed by atoms with Crippen LogP contribution in [0.4, 0.5) is 0 Å². The lowest BCUT2D eigenvalue weighted by atomic mass is 10.1. The molecular weight excluding hydrogens is 261 g/mol. The molecule has 2 aromatic rings. The van der Waals surface area contributed by atoms with Gasteiger partial charge < -0.3 is 4.74 Å². The van der Waals surface area contributed by atoms with Crippen LogP contribution in [0.5, 0.6) is 0 Å². The van der Waals surface area contributed by atoms with Gasteiger partial charge in [-0.15, -0.1) is 0 Å². The number of hydrogen-bond acceptors (Lipinski definition) is 3. The Bertz CT molecular complexity index is 584. The SMILES string of the molecule is CCOC(=O)c1ccc2c(Cl)cc(Cl)nc2c1. The van der Waals surface area contributed by atoms with Crippen molar-refractivity contribution in [3.63, 3.8) is 0 Å². The largest absolute Gasteiger partial charge is 0.462 e. The molecule has 0 amide bonds. The molecule has 1 heterocycles. The molecule has 0 aliphatic heterocycles. The lowest BCUT2D eigenvalue weighted by Crippen LogP contribution is -2.04. The van der Waals surface area contributed by atoms with E-state index in [1.54, 1.807) is 31.2 Å². The second-order valence-electron chi connectivity index (χ2n) is 3.38. The van der Waals surface area contributed by atoms with Crippen molar-refractivity contribution in [1.29, 1.82) is 0 Å². The van der Waals surface area contributed by atoms with Gasteiger partial charge in [0, 0.05) is 5.39 Å². The molecule has 0 saturated heterocycles. The first-order valence-electron chi connectivity index (χ1n) is 5.04. The van der Waals surface area contributed by atoms with Crippen LogP contribution in [0.15, 0.2) is 24.3 Å². The fourth-order valence-corrected chi connectivity index (χ4v) is 2.02. The van der Waals surface area contributed by atoms with Gasteiger partial charge in [-0.2, -0.15) is 0 Å². The summed E-state index contributed by atoms with van der Waals surface area (Å²) in [4.78, 5) is 15.7. The molecule has 3 nitrogen and oxygen atoms in total. The number of ether oxygens (including phenoxy) is 1. The number of hydrogen-bond donors (Lipinski definition) is 0. The van der Waals surface area contributed by atoms with Crippen LogP contribution >= 0.6 is 23.2 Å². The fraction of sp³-hybridized carbons (Fsp3) is 0.167. The normalized spacial score (nSPS) is 10.5. The number of rotatable bonds is 2. The molecule has 17 heavy (non-hydrogen) atoms. The average Bonchev–Trinajstić information content (AvgIpc) is 2.28. The molecule has 1 aromatic carbocycles. The molecule has 0 N–H and O–H groups in total. The maximum atomic E-state index is 11.5. The molecule has 88 valence electrons. The average molecular weight is 270 g/mol. The summed E-state index contributed by atoms with van der Waals surface area (Å²) in [5.41, 5.74) is 1.01. The number of nitrogens with zero attached hydrogens (tertiary/aromatic N) is 1. The topological polar surface area (TPSA) is 39.2 Å². The standard InChI is InChI=1S/C12H9Cl2NO2/c1-2-17-12(16)7-3-4-8-9(13)6-11(14)15-10(8)5-7/h3-6H,2H2,1H3. The van der Waals surface area contributed by atoms with Gasteiger partial charge in [-0.3, -0.25) is 0 Å². The quantitative estimate of drug-likeness (QED) is 0.616. The highest BCUT2D eigenvalue weighted by Crippen LogP contribution is 2.26. The van der Waals surface area contributed by atoms with Crippen molar-refractivity contribution in [3.05, 3.63) is 40.0 Å². The zero-order chi connectivity index (χ0) is 12.4. The van der Waals surface area contributed by atoms with Gasteiger partial charge in [-0.1, -0.05) is 29.3 Å². The van der Waals surface area contributed by atoms with Crippen LogP contribution in [0.2, 0.25) is 10.2 Å². The number of esters is 1. The minimum atomic E-state index is -0.382. The van der Waals surface area contributed by atoms with Crippen LogP contribution in [0, 0.1) is 0 Å². The summed E-state index contributed by atoms with van der Waals surface area (Å²) in [7, 11) is 0. The van der Waals surface area contributed by atoms with Gasteiger partial charge in [-0.05, 0) is 25.1 Å². The van der Waals surface area contributed by atoms with Crippen LogP contribution in [0.1, 0.15) is 17.3 Å². The Morgan fingerprint density at radius 3 is 2.82 bits per heavy atom. The number of halogens is 2. The molecule has 0 spiro atoms. The number of carbonyl (C=O) groups is 1. The molecular formula is C12H9Cl2NO2. The first kappa shape index (κ1) is 12.1. The summed E-state index contributed by atoms with van der Waals surface area (Å²) in [6.07, 6.45) is 0. The fourth-order valence-electron chi connectivity index (χ4n) is 1.50. The van der Waals surface area contributed by atoms with Gasteiger partial charge in [0.25, 0.3) is 0 Å². The molecule has 1 aromatic heterocycles. The van der Waals surface area contributed by atoms with Crippen molar-refractivity contribution in [3.8, 4) is 0 Å². The maximum Gasteiger partial charge on any atom is 0.338 e. The van der Waals surface area contributed by atoms with Gasteiger partial charge in [0.05, 0.1) is 22.7 Å². The Balaban J connectivity index is 2.54. The van der Waals surface area contributed by atoms with Crippen molar-refractivity contribution in [1.82, 2.24) is 4.98 Å². The van der Waals surface area contributed by atoms with Gasteiger partial charge >= 0.3 is 5.97 Å². The summed E-state index contributed by atoms with van der Waals surface area (Å²) < 4.78 is 4.90. The van der Waals surface area contributed by atoms with Crippen molar-refractivity contribution in [2.75, 3.05) is 6.61 Å². The summed E-state index contributed by atoms with van der Waals surface area (Å²) >= 11 is 11.8. The predicted octanol–water partition coefficient (Wildman–Crippen LogP) is 3.72. The van der Waals surface area contributed by atoms with E-state index in [1.165, 1.54) is 0 Å². The maximum absolute atomic E-state index is 11.5. The van der Waals surface area contributed by atoms with Crippen LogP contribution in [-0.4, -0.2) is 17.6 Å². The van der Waals surface area contributed by atoms with E-state index in [2.05, 4.69) is 4.98 Å². The monoisotopic (exact) mass is 269 g/mol. The first-order valence-corrected chi connectivity index (χ1v) is 5.80. The summed E-state index contributed by atoms with van der Waals surface area (Å²) in [5, 5.41) is 1.56. The smallest absolute Gasteiger partial charge is 0.338 e. The molecule has 0 radical (unpaired) electrons. The molecule has 5 heteroatoms. The Labute approximate surface area is 108 Å². The van der Waals surface area contributed by atoms with E-state index in [-0.39, 0.29) is 5.97 Å². The molecule has 0 atom stereocenters. The van der Waals surface area contributed by atoms with Crippen molar-refractivity contribution in [2.45, 2.75) is 6.92 Å². The van der Waals surface area contributed by atoms with Gasteiger partial charge in [0.15, 0.2) is 0 Å². The van der Waals surface area contributed by atoms with E-state index in [4.69, 9.17) is 27.9 Å². The van der Waals surface area contributed by atoms with E-state index < -0.39 is 0 Å². The van der Waals surface area contributed by atoms with E-state index in [0.717, 1.165) is 5.39 Å². The van der Waals surface area contributed by atoms with Crippen molar-refractivity contribution < 1.29 is 9.53 Å². The highest BCUT2D eigenvalue weighted by Gasteiger charge is 2.09. The Hall–Kier alpha value is -1.32. The van der Waals surface area contributed by atoms with Crippen molar-refractivity contribution in [2.24, 2.45) is 0 Å².